The predicted molar refractivity (Wildman–Crippen MR) is 67.9 cm³/mol. The molecule has 0 saturated carbocycles. The summed E-state index contributed by atoms with van der Waals surface area (Å²) in [5.41, 5.74) is 7.17. The molecule has 3 nitrogen and oxygen atoms in total. The maximum absolute atomic E-state index is 10.8. The second kappa shape index (κ2) is 5.98. The summed E-state index contributed by atoms with van der Waals surface area (Å²) in [5.74, 6) is 0.702. The summed E-state index contributed by atoms with van der Waals surface area (Å²) in [5, 5.41) is 3.72. The van der Waals surface area contributed by atoms with Crippen LogP contribution in [0.2, 0.25) is 5.02 Å². The molecule has 1 aromatic rings. The summed E-state index contributed by atoms with van der Waals surface area (Å²) < 4.78 is 10.8. The van der Waals surface area contributed by atoms with Crippen LogP contribution in [-0.2, 0) is 10.8 Å². The molecule has 3 N–H and O–H groups in total. The predicted octanol–water partition coefficient (Wildman–Crippen LogP) is 2.10. The molecule has 1 rings (SSSR count). The number of hydrogen-bond donors (Lipinski definition) is 2. The van der Waals surface area contributed by atoms with Crippen LogP contribution in [-0.4, -0.2) is 22.8 Å². The van der Waals surface area contributed by atoms with E-state index in [0.717, 1.165) is 18.7 Å². The lowest BCUT2D eigenvalue weighted by Crippen LogP contribution is -2.07. The van der Waals surface area contributed by atoms with Crippen LogP contribution in [0.1, 0.15) is 6.42 Å². The summed E-state index contributed by atoms with van der Waals surface area (Å²) in [6, 6.07) is 5.48. The lowest BCUT2D eigenvalue weighted by atomic mass is 10.2. The van der Waals surface area contributed by atoms with Crippen molar-refractivity contribution in [2.24, 2.45) is 0 Å². The second-order valence-corrected chi connectivity index (χ2v) is 5.22. The molecule has 0 fully saturated rings. The monoisotopic (exact) mass is 246 g/mol. The van der Waals surface area contributed by atoms with E-state index in [9.17, 15) is 4.21 Å². The fraction of sp³-hybridized carbons (Fsp3) is 0.400. The fourth-order valence-electron chi connectivity index (χ4n) is 1.19. The number of hydrogen-bond acceptors (Lipinski definition) is 3. The molecule has 0 saturated heterocycles. The van der Waals surface area contributed by atoms with Crippen LogP contribution in [0.3, 0.4) is 0 Å². The number of nitrogens with two attached hydrogens (primary N) is 1. The Kier molecular flexibility index (Phi) is 4.91. The van der Waals surface area contributed by atoms with Crippen LogP contribution >= 0.6 is 11.6 Å². The van der Waals surface area contributed by atoms with Gasteiger partial charge in [0, 0.05) is 29.4 Å². The third-order valence-corrected chi connectivity index (χ3v) is 3.17. The molecule has 0 aliphatic carbocycles. The van der Waals surface area contributed by atoms with E-state index in [0.29, 0.717) is 16.5 Å². The Morgan fingerprint density at radius 1 is 1.53 bits per heavy atom. The van der Waals surface area contributed by atoms with Gasteiger partial charge in [-0.3, -0.25) is 4.21 Å². The van der Waals surface area contributed by atoms with Gasteiger partial charge in [0.15, 0.2) is 0 Å². The standard InChI is InChI=1S/C10H15ClN2OS/c1-15(14)7-3-6-13-9-5-2-4-8(11)10(9)12/h2,4-5,13H,3,6-7,12H2,1H3. The number of benzene rings is 1. The van der Waals surface area contributed by atoms with Crippen molar-refractivity contribution in [2.75, 3.05) is 29.6 Å². The first-order chi connectivity index (χ1) is 7.11. The highest BCUT2D eigenvalue weighted by atomic mass is 35.5. The van der Waals surface area contributed by atoms with Gasteiger partial charge in [-0.15, -0.1) is 0 Å². The minimum absolute atomic E-state index is 0.555. The summed E-state index contributed by atoms with van der Waals surface area (Å²) in [6.45, 7) is 0.754. The van der Waals surface area contributed by atoms with Crippen molar-refractivity contribution in [3.8, 4) is 0 Å². The van der Waals surface area contributed by atoms with E-state index in [1.54, 1.807) is 12.3 Å². The molecule has 0 spiro atoms. The third kappa shape index (κ3) is 4.10. The van der Waals surface area contributed by atoms with Gasteiger partial charge in [-0.2, -0.15) is 0 Å². The normalized spacial score (nSPS) is 12.4. The number of nitrogens with one attached hydrogen (secondary N) is 1. The first-order valence-corrected chi connectivity index (χ1v) is 6.79. The lowest BCUT2D eigenvalue weighted by molar-refractivity contribution is 0.685. The fourth-order valence-corrected chi connectivity index (χ4v) is 1.92. The molecule has 5 heteroatoms. The van der Waals surface area contributed by atoms with Crippen LogP contribution < -0.4 is 11.1 Å². The third-order valence-electron chi connectivity index (χ3n) is 1.98. The Bertz CT molecular complexity index is 357. The summed E-state index contributed by atoms with van der Waals surface area (Å²) in [4.78, 5) is 0. The Morgan fingerprint density at radius 3 is 2.93 bits per heavy atom. The summed E-state index contributed by atoms with van der Waals surface area (Å²) in [7, 11) is -0.731. The first-order valence-electron chi connectivity index (χ1n) is 4.69. The van der Waals surface area contributed by atoms with Crippen molar-refractivity contribution in [3.05, 3.63) is 23.2 Å². The number of nitrogen functional groups attached to an aromatic ring is 1. The van der Waals surface area contributed by atoms with Gasteiger partial charge in [-0.1, -0.05) is 17.7 Å². The number of halogens is 1. The molecule has 0 aromatic heterocycles. The molecule has 15 heavy (non-hydrogen) atoms. The molecule has 0 radical (unpaired) electrons. The minimum Gasteiger partial charge on any atom is -0.396 e. The van der Waals surface area contributed by atoms with Crippen molar-refractivity contribution in [1.82, 2.24) is 0 Å². The molecule has 1 aromatic carbocycles. The van der Waals surface area contributed by atoms with Crippen molar-refractivity contribution in [3.63, 3.8) is 0 Å². The van der Waals surface area contributed by atoms with E-state index in [1.165, 1.54) is 0 Å². The Morgan fingerprint density at radius 2 is 2.27 bits per heavy atom. The van der Waals surface area contributed by atoms with Crippen LogP contribution in [0.4, 0.5) is 11.4 Å². The SMILES string of the molecule is CS(=O)CCCNc1cccc(Cl)c1N. The van der Waals surface area contributed by atoms with Crippen molar-refractivity contribution in [1.29, 1.82) is 0 Å². The topological polar surface area (TPSA) is 55.1 Å². The number of para-hydroxylation sites is 1. The van der Waals surface area contributed by atoms with Gasteiger partial charge in [0.2, 0.25) is 0 Å². The Hall–Kier alpha value is -0.740. The zero-order valence-corrected chi connectivity index (χ0v) is 10.2. The molecule has 1 unspecified atom stereocenters. The maximum Gasteiger partial charge on any atom is 0.0739 e. The largest absolute Gasteiger partial charge is 0.396 e. The van der Waals surface area contributed by atoms with Gasteiger partial charge < -0.3 is 11.1 Å². The minimum atomic E-state index is -0.731. The second-order valence-electron chi connectivity index (χ2n) is 3.26. The van der Waals surface area contributed by atoms with Crippen LogP contribution in [0.15, 0.2) is 18.2 Å². The van der Waals surface area contributed by atoms with Gasteiger partial charge in [0.1, 0.15) is 0 Å². The molecule has 84 valence electrons. The zero-order valence-electron chi connectivity index (χ0n) is 8.63. The molecule has 0 bridgehead atoms. The van der Waals surface area contributed by atoms with E-state index in [1.807, 2.05) is 12.1 Å². The van der Waals surface area contributed by atoms with Gasteiger partial charge in [0.05, 0.1) is 16.4 Å². The van der Waals surface area contributed by atoms with E-state index in [4.69, 9.17) is 17.3 Å². The van der Waals surface area contributed by atoms with Crippen LogP contribution in [0, 0.1) is 0 Å². The summed E-state index contributed by atoms with van der Waals surface area (Å²) in [6.07, 6.45) is 2.56. The van der Waals surface area contributed by atoms with Crippen molar-refractivity contribution < 1.29 is 4.21 Å². The average Bonchev–Trinajstić information content (AvgIpc) is 2.18. The Balaban J connectivity index is 2.44. The summed E-state index contributed by atoms with van der Waals surface area (Å²) >= 11 is 5.86. The molecular weight excluding hydrogens is 232 g/mol. The van der Waals surface area contributed by atoms with Gasteiger partial charge in [-0.05, 0) is 18.6 Å². The molecular formula is C10H15ClN2OS. The molecule has 0 aliphatic heterocycles. The van der Waals surface area contributed by atoms with Crippen LogP contribution in [0.25, 0.3) is 0 Å². The first kappa shape index (κ1) is 12.3. The highest BCUT2D eigenvalue weighted by molar-refractivity contribution is 7.84. The van der Waals surface area contributed by atoms with E-state index in [-0.39, 0.29) is 0 Å². The molecule has 0 aliphatic rings. The highest BCUT2D eigenvalue weighted by Gasteiger charge is 2.01. The van der Waals surface area contributed by atoms with Crippen molar-refractivity contribution >= 4 is 33.8 Å². The van der Waals surface area contributed by atoms with Crippen LogP contribution in [0.5, 0.6) is 0 Å². The lowest BCUT2D eigenvalue weighted by Gasteiger charge is -2.09. The zero-order chi connectivity index (χ0) is 11.3. The number of anilines is 2. The molecule has 1 atom stereocenters. The van der Waals surface area contributed by atoms with Gasteiger partial charge >= 0.3 is 0 Å². The quantitative estimate of drug-likeness (QED) is 0.618. The van der Waals surface area contributed by atoms with Gasteiger partial charge in [-0.25, -0.2) is 0 Å². The van der Waals surface area contributed by atoms with E-state index < -0.39 is 10.8 Å². The molecule has 0 amide bonds. The van der Waals surface area contributed by atoms with E-state index >= 15 is 0 Å². The van der Waals surface area contributed by atoms with E-state index in [2.05, 4.69) is 5.32 Å². The molecule has 0 heterocycles. The average molecular weight is 247 g/mol. The maximum atomic E-state index is 10.8. The number of rotatable bonds is 5. The smallest absolute Gasteiger partial charge is 0.0739 e. The van der Waals surface area contributed by atoms with Gasteiger partial charge in [0.25, 0.3) is 0 Å². The van der Waals surface area contributed by atoms with Crippen molar-refractivity contribution in [2.45, 2.75) is 6.42 Å². The Labute approximate surface area is 97.5 Å². The highest BCUT2D eigenvalue weighted by Crippen LogP contribution is 2.26.